The molecule has 1 atom stereocenters. The molecule has 4 rings (SSSR count). The first-order valence-electron chi connectivity index (χ1n) is 9.32. The number of hydrogen-bond acceptors (Lipinski definition) is 6. The van der Waals surface area contributed by atoms with Gasteiger partial charge in [0.1, 0.15) is 6.54 Å². The maximum Gasteiger partial charge on any atom is 0.323 e. The molecule has 0 amide bonds. The fourth-order valence-electron chi connectivity index (χ4n) is 4.34. The maximum absolute atomic E-state index is 11.7. The number of nitrogens with one attached hydrogen (secondary N) is 1. The molecule has 2 aromatic rings. The number of ether oxygens (including phenoxy) is 2. The molecule has 2 aromatic carbocycles. The van der Waals surface area contributed by atoms with Crippen LogP contribution in [0.15, 0.2) is 42.5 Å². The molecule has 1 unspecified atom stereocenters. The zero-order valence-corrected chi connectivity index (χ0v) is 16.9. The van der Waals surface area contributed by atoms with Crippen LogP contribution in [0, 0.1) is 0 Å². The minimum atomic E-state index is -1.01. The highest BCUT2D eigenvalue weighted by Gasteiger charge is 2.59. The predicted octanol–water partition coefficient (Wildman–Crippen LogP) is 3.65. The van der Waals surface area contributed by atoms with Gasteiger partial charge < -0.3 is 19.5 Å². The van der Waals surface area contributed by atoms with Crippen molar-refractivity contribution in [3.63, 3.8) is 0 Å². The highest BCUT2D eigenvalue weighted by atomic mass is 16.6. The van der Waals surface area contributed by atoms with Crippen LogP contribution in [0.25, 0.3) is 6.08 Å². The Kier molecular flexibility index (Phi) is 4.42. The van der Waals surface area contributed by atoms with Gasteiger partial charge in [0, 0.05) is 17.3 Å². The summed E-state index contributed by atoms with van der Waals surface area (Å²) in [6.07, 6.45) is 3.89. The number of rotatable bonds is 5. The first-order valence-corrected chi connectivity index (χ1v) is 9.32. The number of nitrogens with zero attached hydrogens (tertiary/aromatic N) is 1. The lowest BCUT2D eigenvalue weighted by Gasteiger charge is -2.46. The third-order valence-electron chi connectivity index (χ3n) is 5.73. The lowest BCUT2D eigenvalue weighted by molar-refractivity contribution is -0.136. The SMILES string of the molecule is CONc1cc2c(c(OC)c1)OC1(C=C2)N(CC(=O)O)c2ccccc2C1(C)C. The molecule has 152 valence electrons. The number of methoxy groups -OCH3 is 1. The van der Waals surface area contributed by atoms with Crippen molar-refractivity contribution in [3.05, 3.63) is 53.6 Å². The predicted molar refractivity (Wildman–Crippen MR) is 110 cm³/mol. The van der Waals surface area contributed by atoms with Gasteiger partial charge in [-0.25, -0.2) is 0 Å². The van der Waals surface area contributed by atoms with E-state index >= 15 is 0 Å². The minimum absolute atomic E-state index is 0.189. The van der Waals surface area contributed by atoms with Crippen molar-refractivity contribution in [1.82, 2.24) is 0 Å². The average Bonchev–Trinajstić information content (AvgIpc) is 2.87. The highest BCUT2D eigenvalue weighted by Crippen LogP contribution is 2.56. The fourth-order valence-corrected chi connectivity index (χ4v) is 4.34. The van der Waals surface area contributed by atoms with E-state index in [1.54, 1.807) is 13.2 Å². The second-order valence-corrected chi connectivity index (χ2v) is 7.66. The van der Waals surface area contributed by atoms with Crippen molar-refractivity contribution in [1.29, 1.82) is 0 Å². The summed E-state index contributed by atoms with van der Waals surface area (Å²) in [5.41, 5.74) is 4.71. The highest BCUT2D eigenvalue weighted by molar-refractivity contribution is 5.81. The average molecular weight is 396 g/mol. The molecule has 7 heteroatoms. The van der Waals surface area contributed by atoms with Gasteiger partial charge in [0.15, 0.2) is 11.5 Å². The number of carboxylic acid groups (broad SMARTS) is 1. The molecule has 2 aliphatic rings. The van der Waals surface area contributed by atoms with Gasteiger partial charge >= 0.3 is 5.97 Å². The molecule has 1 spiro atoms. The Balaban J connectivity index is 1.89. The second kappa shape index (κ2) is 6.70. The number of benzene rings is 2. The van der Waals surface area contributed by atoms with E-state index in [9.17, 15) is 9.90 Å². The zero-order valence-electron chi connectivity index (χ0n) is 16.9. The minimum Gasteiger partial charge on any atom is -0.493 e. The van der Waals surface area contributed by atoms with Crippen molar-refractivity contribution >= 4 is 23.4 Å². The van der Waals surface area contributed by atoms with E-state index in [1.807, 2.05) is 47.4 Å². The van der Waals surface area contributed by atoms with E-state index in [-0.39, 0.29) is 6.54 Å². The summed E-state index contributed by atoms with van der Waals surface area (Å²) in [7, 11) is 3.11. The van der Waals surface area contributed by atoms with E-state index in [1.165, 1.54) is 7.11 Å². The molecule has 0 aliphatic carbocycles. The Bertz CT molecular complexity index is 1000. The monoisotopic (exact) mass is 396 g/mol. The van der Waals surface area contributed by atoms with Crippen molar-refractivity contribution in [2.24, 2.45) is 0 Å². The molecule has 2 aliphatic heterocycles. The fraction of sp³-hybridized carbons (Fsp3) is 0.318. The first-order chi connectivity index (χ1) is 13.8. The van der Waals surface area contributed by atoms with Gasteiger partial charge in [-0.05, 0) is 43.7 Å². The van der Waals surface area contributed by atoms with Crippen LogP contribution in [0.1, 0.15) is 25.0 Å². The van der Waals surface area contributed by atoms with E-state index in [4.69, 9.17) is 14.3 Å². The van der Waals surface area contributed by atoms with Crippen LogP contribution in [-0.2, 0) is 15.0 Å². The lowest BCUT2D eigenvalue weighted by Crippen LogP contribution is -2.60. The van der Waals surface area contributed by atoms with Gasteiger partial charge in [0.25, 0.3) is 0 Å². The van der Waals surface area contributed by atoms with E-state index in [0.29, 0.717) is 11.5 Å². The lowest BCUT2D eigenvalue weighted by atomic mass is 9.76. The summed E-state index contributed by atoms with van der Waals surface area (Å²) in [6.45, 7) is 3.94. The van der Waals surface area contributed by atoms with Gasteiger partial charge in [0.05, 0.1) is 25.3 Å². The third-order valence-corrected chi connectivity index (χ3v) is 5.73. The molecule has 0 bridgehead atoms. The molecule has 0 saturated carbocycles. The van der Waals surface area contributed by atoms with Crippen LogP contribution in [0.4, 0.5) is 11.4 Å². The smallest absolute Gasteiger partial charge is 0.323 e. The molecular weight excluding hydrogens is 372 g/mol. The van der Waals surface area contributed by atoms with Crippen LogP contribution in [0.5, 0.6) is 11.5 Å². The molecule has 29 heavy (non-hydrogen) atoms. The number of fused-ring (bicyclic) bond motifs is 2. The molecule has 2 N–H and O–H groups in total. The third kappa shape index (κ3) is 2.73. The Morgan fingerprint density at radius 1 is 1.24 bits per heavy atom. The van der Waals surface area contributed by atoms with Gasteiger partial charge in [0.2, 0.25) is 5.72 Å². The zero-order chi connectivity index (χ0) is 20.8. The van der Waals surface area contributed by atoms with Crippen LogP contribution >= 0.6 is 0 Å². The van der Waals surface area contributed by atoms with Gasteiger partial charge in [-0.2, -0.15) is 0 Å². The standard InChI is InChI=1S/C22H24N2O5/c1-21(2)16-7-5-6-8-17(16)24(13-19(25)26)22(21)10-9-14-11-15(23-28-4)12-18(27-3)20(14)29-22/h5-12,23H,13H2,1-4H3,(H,25,26). The quantitative estimate of drug-likeness (QED) is 0.747. The molecule has 0 saturated heterocycles. The first kappa shape index (κ1) is 19.1. The second-order valence-electron chi connectivity index (χ2n) is 7.66. The van der Waals surface area contributed by atoms with Crippen molar-refractivity contribution in [2.45, 2.75) is 25.0 Å². The molecule has 7 nitrogen and oxygen atoms in total. The number of anilines is 2. The summed E-state index contributed by atoms with van der Waals surface area (Å²) in [5, 5.41) is 9.61. The summed E-state index contributed by atoms with van der Waals surface area (Å²) in [4.78, 5) is 18.5. The number of para-hydroxylation sites is 1. The Morgan fingerprint density at radius 3 is 2.69 bits per heavy atom. The van der Waals surface area contributed by atoms with Gasteiger partial charge in [-0.15, -0.1) is 0 Å². The summed E-state index contributed by atoms with van der Waals surface area (Å²) in [6, 6.07) is 11.5. The van der Waals surface area contributed by atoms with Crippen LogP contribution in [0.3, 0.4) is 0 Å². The number of aliphatic carboxylic acids is 1. The topological polar surface area (TPSA) is 80.3 Å². The van der Waals surface area contributed by atoms with E-state index < -0.39 is 17.1 Å². The van der Waals surface area contributed by atoms with Crippen LogP contribution in [-0.4, -0.2) is 37.6 Å². The largest absolute Gasteiger partial charge is 0.493 e. The Morgan fingerprint density at radius 2 is 2.00 bits per heavy atom. The van der Waals surface area contributed by atoms with Crippen LogP contribution < -0.4 is 19.9 Å². The van der Waals surface area contributed by atoms with E-state index in [2.05, 4.69) is 19.3 Å². The van der Waals surface area contributed by atoms with Crippen molar-refractivity contribution in [2.75, 3.05) is 31.1 Å². The maximum atomic E-state index is 11.7. The summed E-state index contributed by atoms with van der Waals surface area (Å²) in [5.74, 6) is 0.173. The van der Waals surface area contributed by atoms with Crippen LogP contribution in [0.2, 0.25) is 0 Å². The number of carboxylic acids is 1. The molecule has 2 heterocycles. The Hall–Kier alpha value is -3.19. The van der Waals surface area contributed by atoms with Crippen molar-refractivity contribution < 1.29 is 24.2 Å². The summed E-state index contributed by atoms with van der Waals surface area (Å²) < 4.78 is 12.2. The molecule has 0 aromatic heterocycles. The van der Waals surface area contributed by atoms with E-state index in [0.717, 1.165) is 22.5 Å². The number of carbonyl (C=O) groups is 1. The van der Waals surface area contributed by atoms with Gasteiger partial charge in [-0.1, -0.05) is 18.2 Å². The molecular formula is C22H24N2O5. The number of hydrogen-bond donors (Lipinski definition) is 2. The normalized spacial score (nSPS) is 20.8. The summed E-state index contributed by atoms with van der Waals surface area (Å²) >= 11 is 0. The molecule has 0 fully saturated rings. The van der Waals surface area contributed by atoms with Crippen molar-refractivity contribution in [3.8, 4) is 11.5 Å². The molecule has 0 radical (unpaired) electrons. The van der Waals surface area contributed by atoms with Gasteiger partial charge in [-0.3, -0.25) is 15.1 Å². The Labute approximate surface area is 169 Å².